The van der Waals surface area contributed by atoms with Gasteiger partial charge in [-0.2, -0.15) is 0 Å². The van der Waals surface area contributed by atoms with Crippen LogP contribution in [0.2, 0.25) is 0 Å². The standard InChI is InChI=1S/C16H33N/c1-4-5-6-7-8-9-10-11-12-13-14-15-16(2)17-3/h4,16-17H,1,5-15H2,2-3H3. The van der Waals surface area contributed by atoms with Crippen molar-refractivity contribution in [2.24, 2.45) is 0 Å². The Kier molecular flexibility index (Phi) is 13.5. The van der Waals surface area contributed by atoms with Gasteiger partial charge < -0.3 is 5.32 Å². The van der Waals surface area contributed by atoms with Gasteiger partial charge in [-0.1, -0.05) is 57.4 Å². The first-order valence-corrected chi connectivity index (χ1v) is 7.59. The number of nitrogens with one attached hydrogen (secondary N) is 1. The molecule has 1 N–H and O–H groups in total. The number of unbranched alkanes of at least 4 members (excludes halogenated alkanes) is 9. The molecule has 1 atom stereocenters. The van der Waals surface area contributed by atoms with Gasteiger partial charge in [0.25, 0.3) is 0 Å². The second-order valence-corrected chi connectivity index (χ2v) is 5.24. The predicted octanol–water partition coefficient (Wildman–Crippen LogP) is 5.07. The van der Waals surface area contributed by atoms with Gasteiger partial charge >= 0.3 is 0 Å². The van der Waals surface area contributed by atoms with Crippen molar-refractivity contribution in [3.8, 4) is 0 Å². The van der Waals surface area contributed by atoms with E-state index >= 15 is 0 Å². The molecule has 0 bridgehead atoms. The number of allylic oxidation sites excluding steroid dienone is 1. The highest BCUT2D eigenvalue weighted by atomic mass is 14.8. The molecule has 0 aromatic carbocycles. The quantitative estimate of drug-likeness (QED) is 0.349. The summed E-state index contributed by atoms with van der Waals surface area (Å²) in [5.74, 6) is 0. The number of hydrogen-bond donors (Lipinski definition) is 1. The minimum Gasteiger partial charge on any atom is -0.317 e. The van der Waals surface area contributed by atoms with Crippen LogP contribution in [0.4, 0.5) is 0 Å². The third-order valence-electron chi connectivity index (χ3n) is 3.54. The molecule has 0 aromatic rings. The van der Waals surface area contributed by atoms with Crippen LogP contribution in [0.25, 0.3) is 0 Å². The van der Waals surface area contributed by atoms with E-state index in [4.69, 9.17) is 0 Å². The lowest BCUT2D eigenvalue weighted by Gasteiger charge is -2.08. The van der Waals surface area contributed by atoms with Gasteiger partial charge in [-0.25, -0.2) is 0 Å². The molecular formula is C16H33N. The van der Waals surface area contributed by atoms with E-state index in [1.807, 2.05) is 6.08 Å². The van der Waals surface area contributed by atoms with Gasteiger partial charge in [0.15, 0.2) is 0 Å². The molecule has 0 aliphatic heterocycles. The smallest absolute Gasteiger partial charge is 0.00357 e. The SMILES string of the molecule is C=CCCCCCCCCCCCC(C)NC. The van der Waals surface area contributed by atoms with Crippen LogP contribution in [0.3, 0.4) is 0 Å². The fraction of sp³-hybridized carbons (Fsp3) is 0.875. The molecule has 17 heavy (non-hydrogen) atoms. The number of rotatable bonds is 13. The average molecular weight is 239 g/mol. The summed E-state index contributed by atoms with van der Waals surface area (Å²) in [7, 11) is 2.05. The van der Waals surface area contributed by atoms with Gasteiger partial charge in [-0.15, -0.1) is 6.58 Å². The topological polar surface area (TPSA) is 12.0 Å². The van der Waals surface area contributed by atoms with Crippen molar-refractivity contribution in [3.63, 3.8) is 0 Å². The monoisotopic (exact) mass is 239 g/mol. The summed E-state index contributed by atoms with van der Waals surface area (Å²) in [6.45, 7) is 6.02. The Morgan fingerprint density at radius 1 is 0.882 bits per heavy atom. The van der Waals surface area contributed by atoms with Crippen LogP contribution in [0.5, 0.6) is 0 Å². The lowest BCUT2D eigenvalue weighted by molar-refractivity contribution is 0.503. The van der Waals surface area contributed by atoms with Gasteiger partial charge in [-0.05, 0) is 33.2 Å². The first-order chi connectivity index (χ1) is 8.31. The highest BCUT2D eigenvalue weighted by molar-refractivity contribution is 4.65. The average Bonchev–Trinajstić information content (AvgIpc) is 2.35. The van der Waals surface area contributed by atoms with E-state index in [-0.39, 0.29) is 0 Å². The Labute approximate surface area is 109 Å². The molecule has 0 heterocycles. The Morgan fingerprint density at radius 3 is 1.82 bits per heavy atom. The van der Waals surface area contributed by atoms with Crippen LogP contribution in [0.1, 0.15) is 77.6 Å². The summed E-state index contributed by atoms with van der Waals surface area (Å²) in [6, 6.07) is 0.694. The lowest BCUT2D eigenvalue weighted by Crippen LogP contribution is -2.20. The van der Waals surface area contributed by atoms with E-state index in [2.05, 4.69) is 25.9 Å². The fourth-order valence-electron chi connectivity index (χ4n) is 2.12. The third-order valence-corrected chi connectivity index (χ3v) is 3.54. The third kappa shape index (κ3) is 13.6. The summed E-state index contributed by atoms with van der Waals surface area (Å²) >= 11 is 0. The fourth-order valence-corrected chi connectivity index (χ4v) is 2.12. The molecule has 0 rings (SSSR count). The largest absolute Gasteiger partial charge is 0.317 e. The van der Waals surface area contributed by atoms with Crippen molar-refractivity contribution in [1.82, 2.24) is 5.32 Å². The van der Waals surface area contributed by atoms with Gasteiger partial charge in [0.05, 0.1) is 0 Å². The van der Waals surface area contributed by atoms with Gasteiger partial charge in [-0.3, -0.25) is 0 Å². The first kappa shape index (κ1) is 16.7. The van der Waals surface area contributed by atoms with Crippen molar-refractivity contribution < 1.29 is 0 Å². The highest BCUT2D eigenvalue weighted by Crippen LogP contribution is 2.11. The van der Waals surface area contributed by atoms with Crippen LogP contribution in [-0.2, 0) is 0 Å². The molecule has 1 heteroatoms. The zero-order valence-electron chi connectivity index (χ0n) is 12.1. The van der Waals surface area contributed by atoms with E-state index in [1.54, 1.807) is 0 Å². The van der Waals surface area contributed by atoms with Crippen LogP contribution >= 0.6 is 0 Å². The summed E-state index contributed by atoms with van der Waals surface area (Å²) in [5.41, 5.74) is 0. The number of hydrogen-bond acceptors (Lipinski definition) is 1. The summed E-state index contributed by atoms with van der Waals surface area (Å²) in [4.78, 5) is 0. The van der Waals surface area contributed by atoms with Crippen molar-refractivity contribution in [1.29, 1.82) is 0 Å². The molecule has 0 fully saturated rings. The molecule has 0 aliphatic rings. The van der Waals surface area contributed by atoms with Crippen LogP contribution in [0, 0.1) is 0 Å². The molecule has 0 aliphatic carbocycles. The summed E-state index contributed by atoms with van der Waals surface area (Å²) < 4.78 is 0. The molecule has 1 unspecified atom stereocenters. The van der Waals surface area contributed by atoms with E-state index in [9.17, 15) is 0 Å². The summed E-state index contributed by atoms with van der Waals surface area (Å²) in [5, 5.41) is 3.29. The molecule has 0 amide bonds. The van der Waals surface area contributed by atoms with Crippen molar-refractivity contribution in [3.05, 3.63) is 12.7 Å². The van der Waals surface area contributed by atoms with E-state index < -0.39 is 0 Å². The molecular weight excluding hydrogens is 206 g/mol. The van der Waals surface area contributed by atoms with Crippen LogP contribution < -0.4 is 5.32 Å². The predicted molar refractivity (Wildman–Crippen MR) is 79.5 cm³/mol. The zero-order valence-corrected chi connectivity index (χ0v) is 12.1. The van der Waals surface area contributed by atoms with Gasteiger partial charge in [0.1, 0.15) is 0 Å². The normalized spacial score (nSPS) is 12.6. The van der Waals surface area contributed by atoms with Crippen molar-refractivity contribution in [2.75, 3.05) is 7.05 Å². The molecule has 0 spiro atoms. The van der Waals surface area contributed by atoms with E-state index in [1.165, 1.54) is 70.6 Å². The molecule has 0 saturated heterocycles. The molecule has 102 valence electrons. The Bertz CT molecular complexity index is 154. The van der Waals surface area contributed by atoms with Crippen LogP contribution in [0.15, 0.2) is 12.7 Å². The zero-order chi connectivity index (χ0) is 12.8. The molecule has 0 saturated carbocycles. The maximum Gasteiger partial charge on any atom is 0.00357 e. The molecule has 1 nitrogen and oxygen atoms in total. The van der Waals surface area contributed by atoms with Crippen LogP contribution in [-0.4, -0.2) is 13.1 Å². The van der Waals surface area contributed by atoms with Gasteiger partial charge in [0.2, 0.25) is 0 Å². The maximum atomic E-state index is 3.75. The van der Waals surface area contributed by atoms with E-state index in [0.29, 0.717) is 6.04 Å². The molecule has 0 aromatic heterocycles. The van der Waals surface area contributed by atoms with Crippen molar-refractivity contribution in [2.45, 2.75) is 83.6 Å². The second kappa shape index (κ2) is 13.8. The minimum atomic E-state index is 0.694. The van der Waals surface area contributed by atoms with Crippen molar-refractivity contribution >= 4 is 0 Å². The Balaban J connectivity index is 2.96. The second-order valence-electron chi connectivity index (χ2n) is 5.24. The van der Waals surface area contributed by atoms with Gasteiger partial charge in [0, 0.05) is 6.04 Å². The van der Waals surface area contributed by atoms with E-state index in [0.717, 1.165) is 0 Å². The Morgan fingerprint density at radius 2 is 1.35 bits per heavy atom. The summed E-state index contributed by atoms with van der Waals surface area (Å²) in [6.07, 6.45) is 17.3. The Hall–Kier alpha value is -0.300. The highest BCUT2D eigenvalue weighted by Gasteiger charge is 1.97. The molecule has 0 radical (unpaired) electrons. The first-order valence-electron chi connectivity index (χ1n) is 7.59. The minimum absolute atomic E-state index is 0.694. The maximum absolute atomic E-state index is 3.75. The lowest BCUT2D eigenvalue weighted by atomic mass is 10.0.